The lowest BCUT2D eigenvalue weighted by molar-refractivity contribution is -0.192. The van der Waals surface area contributed by atoms with Gasteiger partial charge < -0.3 is 9.47 Å². The molecule has 0 saturated heterocycles. The lowest BCUT2D eigenvalue weighted by Gasteiger charge is -2.52. The molecule has 0 aromatic rings. The molecule has 192 valence electrons. The van der Waals surface area contributed by atoms with Crippen LogP contribution in [0, 0.1) is 76.9 Å². The lowest BCUT2D eigenvalue weighted by Crippen LogP contribution is -2.55. The summed E-state index contributed by atoms with van der Waals surface area (Å²) in [6.07, 6.45) is 10.6. The van der Waals surface area contributed by atoms with Crippen LogP contribution in [0.5, 0.6) is 0 Å². The van der Waals surface area contributed by atoms with E-state index in [2.05, 4.69) is 13.8 Å². The van der Waals surface area contributed by atoms with Crippen molar-refractivity contribution in [1.29, 1.82) is 0 Å². The van der Waals surface area contributed by atoms with Gasteiger partial charge in [0.15, 0.2) is 6.79 Å². The molecular formula is C30H42O5. The first-order valence-corrected chi connectivity index (χ1v) is 14.8. The number of ketones is 2. The first kappa shape index (κ1) is 22.9. The van der Waals surface area contributed by atoms with Crippen LogP contribution in [0.25, 0.3) is 0 Å². The van der Waals surface area contributed by atoms with Crippen molar-refractivity contribution in [2.45, 2.75) is 84.2 Å². The summed E-state index contributed by atoms with van der Waals surface area (Å²) in [5.74, 6) is 6.95. The van der Waals surface area contributed by atoms with E-state index in [1.54, 1.807) is 0 Å². The highest BCUT2D eigenvalue weighted by atomic mass is 16.7. The molecule has 8 fully saturated rings. The van der Waals surface area contributed by atoms with Crippen molar-refractivity contribution in [2.24, 2.45) is 76.9 Å². The molecule has 0 spiro atoms. The molecule has 0 aliphatic heterocycles. The molecule has 35 heavy (non-hydrogen) atoms. The van der Waals surface area contributed by atoms with Gasteiger partial charge in [-0.3, -0.25) is 14.4 Å². The molecule has 8 aliphatic rings. The normalized spacial score (nSPS) is 51.1. The first-order valence-electron chi connectivity index (χ1n) is 14.8. The highest BCUT2D eigenvalue weighted by molar-refractivity contribution is 5.86. The molecule has 8 bridgehead atoms. The maximum absolute atomic E-state index is 13.2. The fourth-order valence-electron chi connectivity index (χ4n) is 11.0. The molecule has 8 aliphatic carbocycles. The summed E-state index contributed by atoms with van der Waals surface area (Å²) in [6.45, 7) is 4.19. The maximum Gasteiger partial charge on any atom is 0.311 e. The van der Waals surface area contributed by atoms with Crippen molar-refractivity contribution in [2.75, 3.05) is 6.79 Å². The molecule has 0 aromatic heterocycles. The molecule has 14 unspecified atom stereocenters. The molecule has 0 heterocycles. The van der Waals surface area contributed by atoms with Crippen molar-refractivity contribution >= 4 is 17.5 Å². The van der Waals surface area contributed by atoms with Crippen LogP contribution in [0.2, 0.25) is 0 Å². The zero-order valence-electron chi connectivity index (χ0n) is 21.4. The summed E-state index contributed by atoms with van der Waals surface area (Å²) in [5.41, 5.74) is 0. The number of Topliss-reactive ketones (excluding diaryl/α,β-unsaturated/α-hetero) is 2. The third kappa shape index (κ3) is 3.45. The molecule has 8 saturated carbocycles. The minimum Gasteiger partial charge on any atom is -0.438 e. The number of ether oxygens (including phenoxy) is 2. The summed E-state index contributed by atoms with van der Waals surface area (Å²) in [7, 11) is 0. The van der Waals surface area contributed by atoms with Gasteiger partial charge >= 0.3 is 5.97 Å². The molecule has 5 heteroatoms. The SMILES string of the molecule is CCC(C)C(=O)CC1CC2CC1C1C3CC(CC3C(=O)OCOC3C4CC5CC(C4)C(=O)C3C5)C21. The Balaban J connectivity index is 0.957. The van der Waals surface area contributed by atoms with E-state index >= 15 is 0 Å². The van der Waals surface area contributed by atoms with Crippen LogP contribution in [0.1, 0.15) is 78.1 Å². The van der Waals surface area contributed by atoms with Crippen LogP contribution in [0.3, 0.4) is 0 Å². The van der Waals surface area contributed by atoms with Gasteiger partial charge in [0, 0.05) is 24.2 Å². The Bertz CT molecular complexity index is 912. The van der Waals surface area contributed by atoms with E-state index < -0.39 is 0 Å². The minimum absolute atomic E-state index is 0.00949. The lowest BCUT2D eigenvalue weighted by atomic mass is 9.54. The molecule has 0 amide bonds. The van der Waals surface area contributed by atoms with Gasteiger partial charge in [0.25, 0.3) is 0 Å². The fourth-order valence-corrected chi connectivity index (χ4v) is 11.0. The summed E-state index contributed by atoms with van der Waals surface area (Å²) in [6, 6.07) is 0. The standard InChI is InChI=1S/C30H42O5/c1-3-14(2)25(31)12-16-7-17-9-21(16)27-22-10-18(26(17)27)11-23(22)30(33)35-13-34-29-20-5-15-4-19(8-20)28(32)24(29)6-15/h14-24,26-27,29H,3-13H2,1-2H3. The summed E-state index contributed by atoms with van der Waals surface area (Å²) >= 11 is 0. The van der Waals surface area contributed by atoms with Crippen molar-refractivity contribution in [1.82, 2.24) is 0 Å². The number of fused-ring (bicyclic) bond motifs is 9. The third-order valence-corrected chi connectivity index (χ3v) is 12.4. The molecular weight excluding hydrogens is 440 g/mol. The van der Waals surface area contributed by atoms with E-state index in [0.29, 0.717) is 53.0 Å². The Morgan fingerprint density at radius 1 is 0.914 bits per heavy atom. The average molecular weight is 483 g/mol. The van der Waals surface area contributed by atoms with Crippen molar-refractivity contribution in [3.8, 4) is 0 Å². The molecule has 0 aromatic carbocycles. The summed E-state index contributed by atoms with van der Waals surface area (Å²) < 4.78 is 11.9. The number of hydrogen-bond donors (Lipinski definition) is 0. The van der Waals surface area contributed by atoms with Crippen LogP contribution in [-0.2, 0) is 23.9 Å². The van der Waals surface area contributed by atoms with Crippen LogP contribution in [-0.4, -0.2) is 30.4 Å². The molecule has 5 nitrogen and oxygen atoms in total. The van der Waals surface area contributed by atoms with Gasteiger partial charge in [-0.2, -0.15) is 0 Å². The average Bonchev–Trinajstić information content (AvgIpc) is 3.62. The predicted molar refractivity (Wildman–Crippen MR) is 129 cm³/mol. The summed E-state index contributed by atoms with van der Waals surface area (Å²) in [5, 5.41) is 0. The minimum atomic E-state index is -0.0684. The van der Waals surface area contributed by atoms with E-state index in [-0.39, 0.29) is 42.5 Å². The van der Waals surface area contributed by atoms with Gasteiger partial charge in [-0.25, -0.2) is 0 Å². The highest BCUT2D eigenvalue weighted by Gasteiger charge is 2.66. The monoisotopic (exact) mass is 482 g/mol. The quantitative estimate of drug-likeness (QED) is 0.275. The zero-order chi connectivity index (χ0) is 24.0. The smallest absolute Gasteiger partial charge is 0.311 e. The highest BCUT2D eigenvalue weighted by Crippen LogP contribution is 2.70. The van der Waals surface area contributed by atoms with Gasteiger partial charge in [0.05, 0.1) is 12.0 Å². The number of carbonyl (C=O) groups is 3. The van der Waals surface area contributed by atoms with Gasteiger partial charge in [0.2, 0.25) is 0 Å². The number of rotatable bonds is 8. The maximum atomic E-state index is 13.2. The predicted octanol–water partition coefficient (Wildman–Crippen LogP) is 5.06. The van der Waals surface area contributed by atoms with Gasteiger partial charge in [0.1, 0.15) is 11.6 Å². The summed E-state index contributed by atoms with van der Waals surface area (Å²) in [4.78, 5) is 38.6. The Morgan fingerprint density at radius 3 is 2.54 bits per heavy atom. The van der Waals surface area contributed by atoms with Crippen LogP contribution in [0.4, 0.5) is 0 Å². The number of carbonyl (C=O) groups excluding carboxylic acids is 3. The Morgan fingerprint density at radius 2 is 1.71 bits per heavy atom. The second-order valence-electron chi connectivity index (χ2n) is 13.8. The topological polar surface area (TPSA) is 69.7 Å². The third-order valence-electron chi connectivity index (χ3n) is 12.4. The second-order valence-corrected chi connectivity index (χ2v) is 13.8. The van der Waals surface area contributed by atoms with Gasteiger partial charge in [-0.05, 0) is 111 Å². The number of esters is 1. The first-order chi connectivity index (χ1) is 16.9. The molecule has 0 radical (unpaired) electrons. The van der Waals surface area contributed by atoms with Crippen LogP contribution in [0.15, 0.2) is 0 Å². The van der Waals surface area contributed by atoms with Gasteiger partial charge in [-0.1, -0.05) is 13.8 Å². The Hall–Kier alpha value is -1.23. The van der Waals surface area contributed by atoms with Crippen molar-refractivity contribution < 1.29 is 23.9 Å². The van der Waals surface area contributed by atoms with Crippen molar-refractivity contribution in [3.63, 3.8) is 0 Å². The molecule has 14 atom stereocenters. The van der Waals surface area contributed by atoms with Crippen LogP contribution < -0.4 is 0 Å². The largest absolute Gasteiger partial charge is 0.438 e. The van der Waals surface area contributed by atoms with E-state index in [0.717, 1.165) is 50.4 Å². The Labute approximate surface area is 209 Å². The van der Waals surface area contributed by atoms with E-state index in [4.69, 9.17) is 9.47 Å². The van der Waals surface area contributed by atoms with E-state index in [1.807, 2.05) is 0 Å². The van der Waals surface area contributed by atoms with E-state index in [9.17, 15) is 14.4 Å². The van der Waals surface area contributed by atoms with E-state index in [1.165, 1.54) is 25.7 Å². The fraction of sp³-hybridized carbons (Fsp3) is 0.900. The van der Waals surface area contributed by atoms with Crippen LogP contribution >= 0.6 is 0 Å². The zero-order valence-corrected chi connectivity index (χ0v) is 21.4. The Kier molecular flexibility index (Phi) is 5.50. The second kappa shape index (κ2) is 8.39. The van der Waals surface area contributed by atoms with Crippen molar-refractivity contribution in [3.05, 3.63) is 0 Å². The number of hydrogen-bond acceptors (Lipinski definition) is 5. The van der Waals surface area contributed by atoms with Gasteiger partial charge in [-0.15, -0.1) is 0 Å². The molecule has 0 N–H and O–H groups in total. The molecule has 8 rings (SSSR count).